The molecule has 0 radical (unpaired) electrons. The first-order valence-corrected chi connectivity index (χ1v) is 6.86. The Morgan fingerprint density at radius 3 is 2.06 bits per heavy atom. The summed E-state index contributed by atoms with van der Waals surface area (Å²) < 4.78 is -1.56. The Morgan fingerprint density at radius 2 is 1.72 bits per heavy atom. The highest BCUT2D eigenvalue weighted by atomic mass is 79.9. The average Bonchev–Trinajstić information content (AvgIpc) is 2.21. The number of non-ortho nitro benzene ring substituents is 1. The predicted molar refractivity (Wildman–Crippen MR) is 77.4 cm³/mol. The molecule has 0 aliphatic carbocycles. The van der Waals surface area contributed by atoms with Crippen molar-refractivity contribution < 1.29 is 9.72 Å². The molecule has 5 nitrogen and oxygen atoms in total. The van der Waals surface area contributed by atoms with E-state index < -0.39 is 14.6 Å². The number of nitro groups is 1. The number of nitrogens with zero attached hydrogens (tertiary/aromatic N) is 1. The molecule has 0 bridgehead atoms. The van der Waals surface area contributed by atoms with E-state index in [2.05, 4.69) is 37.2 Å². The molecule has 0 saturated carbocycles. The highest BCUT2D eigenvalue weighted by Crippen LogP contribution is 2.37. The summed E-state index contributed by atoms with van der Waals surface area (Å²) in [5.41, 5.74) is 0.0811. The molecule has 0 spiro atoms. The van der Waals surface area contributed by atoms with E-state index in [1.807, 2.05) is 0 Å². The van der Waals surface area contributed by atoms with Crippen LogP contribution in [0.2, 0.25) is 0 Å². The van der Waals surface area contributed by atoms with Crippen molar-refractivity contribution in [1.82, 2.24) is 0 Å². The summed E-state index contributed by atoms with van der Waals surface area (Å²) in [6.45, 7) is 0. The fourth-order valence-corrected chi connectivity index (χ4v) is 2.47. The Hall–Kier alpha value is -0.0800. The number of hydrogen-bond donors (Lipinski definition) is 1. The van der Waals surface area contributed by atoms with Crippen molar-refractivity contribution in [2.45, 2.75) is 3.79 Å². The molecule has 10 heteroatoms. The average molecular weight is 441 g/mol. The van der Waals surface area contributed by atoms with Crippen molar-refractivity contribution >= 4 is 83.9 Å². The topological polar surface area (TPSA) is 72.2 Å². The van der Waals surface area contributed by atoms with Crippen LogP contribution in [-0.4, -0.2) is 14.6 Å². The summed E-state index contributed by atoms with van der Waals surface area (Å²) in [7, 11) is 0. The van der Waals surface area contributed by atoms with E-state index in [4.69, 9.17) is 34.8 Å². The molecule has 0 fully saturated rings. The second-order valence-electron chi connectivity index (χ2n) is 2.99. The van der Waals surface area contributed by atoms with Gasteiger partial charge in [0.15, 0.2) is 0 Å². The predicted octanol–water partition coefficient (Wildman–Crippen LogP) is 4.43. The number of benzene rings is 1. The van der Waals surface area contributed by atoms with Gasteiger partial charge in [-0.3, -0.25) is 14.9 Å². The standard InChI is InChI=1S/C8H3Br2Cl3N2O3/c9-4-1-3(15(17)18)2-5(10)6(4)14-7(16)8(11,12)13/h1-2H,(H,14,16). The van der Waals surface area contributed by atoms with Crippen LogP contribution in [0.3, 0.4) is 0 Å². The van der Waals surface area contributed by atoms with E-state index in [-0.39, 0.29) is 20.3 Å². The maximum Gasteiger partial charge on any atom is 0.276 e. The minimum atomic E-state index is -2.12. The molecule has 1 aromatic rings. The first kappa shape index (κ1) is 16.0. The molecule has 0 saturated heterocycles. The third-order valence-corrected chi connectivity index (χ3v) is 3.50. The van der Waals surface area contributed by atoms with Crippen LogP contribution in [-0.2, 0) is 4.79 Å². The molecule has 1 aromatic carbocycles. The van der Waals surface area contributed by atoms with Crippen LogP contribution in [0.1, 0.15) is 0 Å². The molecule has 98 valence electrons. The smallest absolute Gasteiger partial charge is 0.276 e. The lowest BCUT2D eigenvalue weighted by atomic mass is 10.3. The van der Waals surface area contributed by atoms with Gasteiger partial charge in [-0.25, -0.2) is 0 Å². The Kier molecular flexibility index (Phi) is 5.25. The van der Waals surface area contributed by atoms with Crippen LogP contribution in [0.15, 0.2) is 21.1 Å². The normalized spacial score (nSPS) is 11.2. The number of halogens is 5. The van der Waals surface area contributed by atoms with Crippen LogP contribution in [0.25, 0.3) is 0 Å². The number of nitro benzene ring substituents is 1. The van der Waals surface area contributed by atoms with Gasteiger partial charge >= 0.3 is 0 Å². The monoisotopic (exact) mass is 438 g/mol. The number of hydrogen-bond acceptors (Lipinski definition) is 3. The largest absolute Gasteiger partial charge is 0.320 e. The Balaban J connectivity index is 3.12. The number of amides is 1. The van der Waals surface area contributed by atoms with Crippen molar-refractivity contribution in [3.63, 3.8) is 0 Å². The second kappa shape index (κ2) is 5.92. The summed E-state index contributed by atoms with van der Waals surface area (Å²) in [4.78, 5) is 21.5. The van der Waals surface area contributed by atoms with Crippen LogP contribution in [0, 0.1) is 10.1 Å². The lowest BCUT2D eigenvalue weighted by Crippen LogP contribution is -2.27. The highest BCUT2D eigenvalue weighted by Gasteiger charge is 2.31. The van der Waals surface area contributed by atoms with Gasteiger partial charge in [0.25, 0.3) is 15.4 Å². The van der Waals surface area contributed by atoms with E-state index in [0.29, 0.717) is 0 Å². The molecule has 0 aromatic heterocycles. The summed E-state index contributed by atoms with van der Waals surface area (Å²) in [5, 5.41) is 12.9. The lowest BCUT2D eigenvalue weighted by molar-refractivity contribution is -0.385. The van der Waals surface area contributed by atoms with Crippen molar-refractivity contribution in [2.75, 3.05) is 5.32 Å². The number of alkyl halides is 3. The number of rotatable bonds is 2. The molecule has 0 aliphatic heterocycles. The number of carbonyl (C=O) groups excluding carboxylic acids is 1. The summed E-state index contributed by atoms with van der Waals surface area (Å²) in [6, 6.07) is 2.44. The van der Waals surface area contributed by atoms with Crippen LogP contribution in [0.4, 0.5) is 11.4 Å². The van der Waals surface area contributed by atoms with Gasteiger partial charge in [-0.15, -0.1) is 0 Å². The van der Waals surface area contributed by atoms with E-state index in [1.165, 1.54) is 12.1 Å². The summed E-state index contributed by atoms with van der Waals surface area (Å²) in [6.07, 6.45) is 0. The maximum absolute atomic E-state index is 11.5. The van der Waals surface area contributed by atoms with Crippen molar-refractivity contribution in [2.24, 2.45) is 0 Å². The molecule has 1 rings (SSSR count). The third kappa shape index (κ3) is 3.96. The maximum atomic E-state index is 11.5. The molecule has 0 aliphatic rings. The van der Waals surface area contributed by atoms with Gasteiger partial charge in [0.2, 0.25) is 0 Å². The van der Waals surface area contributed by atoms with E-state index >= 15 is 0 Å². The first-order valence-electron chi connectivity index (χ1n) is 4.14. The fraction of sp³-hybridized carbons (Fsp3) is 0.125. The van der Waals surface area contributed by atoms with Gasteiger partial charge in [-0.2, -0.15) is 0 Å². The van der Waals surface area contributed by atoms with E-state index in [0.717, 1.165) is 0 Å². The molecule has 0 unspecified atom stereocenters. The zero-order chi connectivity index (χ0) is 14.1. The number of carbonyl (C=O) groups is 1. The fourth-order valence-electron chi connectivity index (χ4n) is 0.969. The van der Waals surface area contributed by atoms with Crippen LogP contribution >= 0.6 is 66.7 Å². The van der Waals surface area contributed by atoms with Crippen LogP contribution in [0.5, 0.6) is 0 Å². The first-order chi connectivity index (χ1) is 8.12. The van der Waals surface area contributed by atoms with Gasteiger partial charge in [0.05, 0.1) is 10.6 Å². The molecule has 0 atom stereocenters. The van der Waals surface area contributed by atoms with Gasteiger partial charge in [0, 0.05) is 21.1 Å². The Morgan fingerprint density at radius 1 is 1.28 bits per heavy atom. The zero-order valence-corrected chi connectivity index (χ0v) is 13.7. The van der Waals surface area contributed by atoms with E-state index in [1.54, 1.807) is 0 Å². The van der Waals surface area contributed by atoms with Crippen molar-refractivity contribution in [3.8, 4) is 0 Å². The molecule has 1 N–H and O–H groups in total. The van der Waals surface area contributed by atoms with E-state index in [9.17, 15) is 14.9 Å². The quantitative estimate of drug-likeness (QED) is 0.420. The molecule has 0 heterocycles. The minimum absolute atomic E-state index is 0.152. The van der Waals surface area contributed by atoms with Gasteiger partial charge in [0.1, 0.15) is 0 Å². The Bertz CT molecular complexity index is 496. The SMILES string of the molecule is O=C(Nc1c(Br)cc([N+](=O)[O-])cc1Br)C(Cl)(Cl)Cl. The summed E-state index contributed by atoms with van der Waals surface area (Å²) in [5.74, 6) is -0.872. The molecular formula is C8H3Br2Cl3N2O3. The second-order valence-corrected chi connectivity index (χ2v) is 6.98. The molecular weight excluding hydrogens is 438 g/mol. The number of nitrogens with one attached hydrogen (secondary N) is 1. The highest BCUT2D eigenvalue weighted by molar-refractivity contribution is 9.11. The van der Waals surface area contributed by atoms with Crippen molar-refractivity contribution in [3.05, 3.63) is 31.2 Å². The van der Waals surface area contributed by atoms with Gasteiger partial charge < -0.3 is 5.32 Å². The summed E-state index contributed by atoms with van der Waals surface area (Å²) >= 11 is 22.4. The van der Waals surface area contributed by atoms with Crippen molar-refractivity contribution in [1.29, 1.82) is 0 Å². The Labute approximate surface area is 133 Å². The third-order valence-electron chi connectivity index (χ3n) is 1.73. The van der Waals surface area contributed by atoms with Crippen LogP contribution < -0.4 is 5.32 Å². The van der Waals surface area contributed by atoms with Gasteiger partial charge in [-0.1, -0.05) is 34.8 Å². The lowest BCUT2D eigenvalue weighted by Gasteiger charge is -2.13. The number of anilines is 1. The molecule has 18 heavy (non-hydrogen) atoms. The zero-order valence-electron chi connectivity index (χ0n) is 8.22. The van der Waals surface area contributed by atoms with Gasteiger partial charge in [-0.05, 0) is 31.9 Å². The minimum Gasteiger partial charge on any atom is -0.320 e. The molecule has 1 amide bonds.